The fourth-order valence-electron chi connectivity index (χ4n) is 2.60. The fraction of sp³-hybridized carbons (Fsp3) is 0.294. The molecule has 2 rings (SSSR count). The van der Waals surface area contributed by atoms with Crippen molar-refractivity contribution in [1.29, 1.82) is 0 Å². The maximum absolute atomic E-state index is 13.3. The fourth-order valence-corrected chi connectivity index (χ4v) is 3.50. The number of hydrogen-bond donors (Lipinski definition) is 2. The van der Waals surface area contributed by atoms with Crippen molar-refractivity contribution >= 4 is 15.9 Å². The summed E-state index contributed by atoms with van der Waals surface area (Å²) < 4.78 is 102. The van der Waals surface area contributed by atoms with Crippen LogP contribution in [0.4, 0.5) is 26.3 Å². The number of alkyl halides is 6. The van der Waals surface area contributed by atoms with E-state index in [1.165, 1.54) is 24.3 Å². The molecule has 0 saturated carbocycles. The van der Waals surface area contributed by atoms with Crippen LogP contribution in [0.1, 0.15) is 21.6 Å². The third kappa shape index (κ3) is 6.15. The molecule has 0 bridgehead atoms. The van der Waals surface area contributed by atoms with Crippen LogP contribution < -0.4 is 5.14 Å². The Bertz CT molecular complexity index is 1040. The highest BCUT2D eigenvalue weighted by atomic mass is 32.2. The summed E-state index contributed by atoms with van der Waals surface area (Å²) in [5.41, 5.74) is -2.86. The zero-order valence-corrected chi connectivity index (χ0v) is 16.2. The van der Waals surface area contributed by atoms with Gasteiger partial charge in [0.15, 0.2) is 6.10 Å². The van der Waals surface area contributed by atoms with Crippen molar-refractivity contribution in [3.05, 3.63) is 59.4 Å². The van der Waals surface area contributed by atoms with Crippen LogP contribution in [0.5, 0.6) is 0 Å². The first kappa shape index (κ1) is 24.6. The molecule has 7 nitrogen and oxygen atoms in total. The van der Waals surface area contributed by atoms with E-state index in [1.54, 1.807) is 6.07 Å². The smallest absolute Gasteiger partial charge is 0.382 e. The van der Waals surface area contributed by atoms with Crippen molar-refractivity contribution in [3.8, 4) is 0 Å². The molecule has 1 amide bonds. The molecule has 1 aromatic carbocycles. The largest absolute Gasteiger partial charge is 0.417 e. The Morgan fingerprint density at radius 1 is 1.10 bits per heavy atom. The number of sulfonamides is 1. The van der Waals surface area contributed by atoms with E-state index in [1.807, 2.05) is 0 Å². The Morgan fingerprint density at radius 3 is 2.16 bits per heavy atom. The van der Waals surface area contributed by atoms with Crippen LogP contribution in [0.15, 0.2) is 47.5 Å². The van der Waals surface area contributed by atoms with Crippen LogP contribution in [-0.2, 0) is 22.7 Å². The van der Waals surface area contributed by atoms with Crippen LogP contribution in [0.2, 0.25) is 0 Å². The molecule has 1 atom stereocenters. The van der Waals surface area contributed by atoms with E-state index in [4.69, 9.17) is 5.14 Å². The quantitative estimate of drug-likeness (QED) is 0.628. The lowest BCUT2D eigenvalue weighted by Crippen LogP contribution is -2.44. The number of aliphatic hydroxyl groups excluding tert-OH is 1. The summed E-state index contributed by atoms with van der Waals surface area (Å²) in [5.74, 6) is -1.60. The summed E-state index contributed by atoms with van der Waals surface area (Å²) in [6.07, 6.45) is -13.0. The lowest BCUT2D eigenvalue weighted by molar-refractivity contribution is -0.206. The highest BCUT2D eigenvalue weighted by Crippen LogP contribution is 2.35. The van der Waals surface area contributed by atoms with E-state index >= 15 is 0 Å². The van der Waals surface area contributed by atoms with Crippen LogP contribution in [0.25, 0.3) is 0 Å². The number of primary sulfonamides is 1. The van der Waals surface area contributed by atoms with Gasteiger partial charge in [-0.05, 0) is 11.6 Å². The first-order valence-electron chi connectivity index (χ1n) is 8.29. The Hall–Kier alpha value is -2.71. The van der Waals surface area contributed by atoms with Crippen LogP contribution in [-0.4, -0.2) is 48.1 Å². The molecule has 31 heavy (non-hydrogen) atoms. The lowest BCUT2D eigenvalue weighted by atomic mass is 10.1. The minimum absolute atomic E-state index is 0.259. The first-order chi connectivity index (χ1) is 14.1. The van der Waals surface area contributed by atoms with Gasteiger partial charge in [0, 0.05) is 12.7 Å². The van der Waals surface area contributed by atoms with Gasteiger partial charge in [-0.1, -0.05) is 30.3 Å². The number of rotatable bonds is 6. The number of carbonyl (C=O) groups is 1. The molecule has 2 aromatic rings. The third-order valence-electron chi connectivity index (χ3n) is 3.97. The molecule has 170 valence electrons. The van der Waals surface area contributed by atoms with Crippen molar-refractivity contribution in [2.45, 2.75) is 29.9 Å². The topological polar surface area (TPSA) is 114 Å². The van der Waals surface area contributed by atoms with E-state index in [2.05, 4.69) is 4.98 Å². The Kier molecular flexibility index (Phi) is 6.97. The lowest BCUT2D eigenvalue weighted by Gasteiger charge is -2.27. The number of aliphatic hydroxyl groups is 1. The molecular formula is C17H15F6N3O4S. The van der Waals surface area contributed by atoms with Crippen LogP contribution in [0, 0.1) is 0 Å². The number of amides is 1. The van der Waals surface area contributed by atoms with Gasteiger partial charge in [0.2, 0.25) is 10.0 Å². The normalized spacial score (nSPS) is 13.7. The van der Waals surface area contributed by atoms with Gasteiger partial charge in [0.1, 0.15) is 10.6 Å². The number of hydrogen-bond acceptors (Lipinski definition) is 5. The zero-order valence-electron chi connectivity index (χ0n) is 15.4. The maximum atomic E-state index is 13.3. The van der Waals surface area contributed by atoms with Crippen molar-refractivity contribution in [3.63, 3.8) is 0 Å². The van der Waals surface area contributed by atoms with Gasteiger partial charge in [0.05, 0.1) is 12.1 Å². The summed E-state index contributed by atoms with van der Waals surface area (Å²) >= 11 is 0. The van der Waals surface area contributed by atoms with Gasteiger partial charge in [-0.25, -0.2) is 18.5 Å². The number of aromatic nitrogens is 1. The van der Waals surface area contributed by atoms with Gasteiger partial charge >= 0.3 is 12.4 Å². The number of pyridine rings is 1. The van der Waals surface area contributed by atoms with E-state index in [-0.39, 0.29) is 11.6 Å². The van der Waals surface area contributed by atoms with Gasteiger partial charge < -0.3 is 10.0 Å². The third-order valence-corrected chi connectivity index (χ3v) is 4.95. The molecule has 1 aromatic heterocycles. The molecule has 0 spiro atoms. The van der Waals surface area contributed by atoms with E-state index in [9.17, 15) is 44.7 Å². The summed E-state index contributed by atoms with van der Waals surface area (Å²) in [6, 6.07) is 7.60. The molecule has 3 N–H and O–H groups in total. The predicted octanol–water partition coefficient (Wildman–Crippen LogP) is 2.31. The molecule has 0 aliphatic heterocycles. The highest BCUT2D eigenvalue weighted by molar-refractivity contribution is 7.89. The Balaban J connectivity index is 2.61. The maximum Gasteiger partial charge on any atom is 0.417 e. The summed E-state index contributed by atoms with van der Waals surface area (Å²) in [5, 5.41) is 14.2. The molecule has 0 fully saturated rings. The number of nitrogens with two attached hydrogens (primary N) is 1. The van der Waals surface area contributed by atoms with Gasteiger partial charge in [0.25, 0.3) is 5.91 Å². The van der Waals surface area contributed by atoms with E-state index < -0.39 is 63.6 Å². The van der Waals surface area contributed by atoms with Gasteiger partial charge in [-0.3, -0.25) is 4.79 Å². The molecule has 1 heterocycles. The minimum atomic E-state index is -5.25. The summed E-state index contributed by atoms with van der Waals surface area (Å²) in [4.78, 5) is 14.9. The molecule has 0 radical (unpaired) electrons. The monoisotopic (exact) mass is 471 g/mol. The number of halogens is 6. The molecule has 0 aliphatic rings. The molecular weight excluding hydrogens is 456 g/mol. The summed E-state index contributed by atoms with van der Waals surface area (Å²) in [7, 11) is -5.17. The zero-order chi connectivity index (χ0) is 23.6. The highest BCUT2D eigenvalue weighted by Gasteiger charge is 2.43. The average molecular weight is 471 g/mol. The standard InChI is InChI=1S/C17H15F6N3O4S/c18-16(19,20)11-6-7-25-13(14(11)31(24,29)30)15(28)26(9-12(27)17(21,22)23)8-10-4-2-1-3-5-10/h1-7,12,27H,8-9H2,(H2,24,29,30). The SMILES string of the molecule is NS(=O)(=O)c1c(C(F)(F)F)ccnc1C(=O)N(Cc1ccccc1)CC(O)C(F)(F)F. The van der Waals surface area contributed by atoms with Crippen molar-refractivity contribution in [1.82, 2.24) is 9.88 Å². The number of benzene rings is 1. The average Bonchev–Trinajstić information content (AvgIpc) is 2.65. The van der Waals surface area contributed by atoms with Crippen molar-refractivity contribution in [2.75, 3.05) is 6.54 Å². The second-order valence-corrected chi connectivity index (χ2v) is 7.81. The molecule has 0 saturated heterocycles. The van der Waals surface area contributed by atoms with E-state index in [0.29, 0.717) is 11.1 Å². The minimum Gasteiger partial charge on any atom is -0.382 e. The second-order valence-electron chi connectivity index (χ2n) is 6.31. The Labute approximate surface area is 172 Å². The number of carbonyl (C=O) groups excluding carboxylic acids is 1. The number of nitrogens with zero attached hydrogens (tertiary/aromatic N) is 2. The van der Waals surface area contributed by atoms with Gasteiger partial charge in [-0.2, -0.15) is 26.3 Å². The molecule has 0 aliphatic carbocycles. The van der Waals surface area contributed by atoms with E-state index in [0.717, 1.165) is 0 Å². The van der Waals surface area contributed by atoms with Crippen LogP contribution in [0.3, 0.4) is 0 Å². The molecule has 1 unspecified atom stereocenters. The van der Waals surface area contributed by atoms with Crippen molar-refractivity contribution < 1.29 is 44.7 Å². The second kappa shape index (κ2) is 8.80. The summed E-state index contributed by atoms with van der Waals surface area (Å²) in [6.45, 7) is -1.98. The Morgan fingerprint density at radius 2 is 1.68 bits per heavy atom. The van der Waals surface area contributed by atoms with Gasteiger partial charge in [-0.15, -0.1) is 0 Å². The van der Waals surface area contributed by atoms with Crippen LogP contribution >= 0.6 is 0 Å². The first-order valence-corrected chi connectivity index (χ1v) is 9.84. The van der Waals surface area contributed by atoms with Crippen molar-refractivity contribution in [2.24, 2.45) is 5.14 Å². The molecule has 14 heteroatoms. The predicted molar refractivity (Wildman–Crippen MR) is 93.9 cm³/mol.